The zero-order valence-corrected chi connectivity index (χ0v) is 12.1. The van der Waals surface area contributed by atoms with Crippen LogP contribution in [-0.4, -0.2) is 17.5 Å². The summed E-state index contributed by atoms with van der Waals surface area (Å²) in [5.41, 5.74) is 2.13. The van der Waals surface area contributed by atoms with E-state index in [0.717, 1.165) is 43.4 Å². The second-order valence-corrected chi connectivity index (χ2v) is 4.90. The fourth-order valence-corrected chi connectivity index (χ4v) is 2.45. The first-order valence-electron chi connectivity index (χ1n) is 7.06. The molecule has 0 spiro atoms. The van der Waals surface area contributed by atoms with Crippen LogP contribution in [0, 0.1) is 17.0 Å². The van der Waals surface area contributed by atoms with Crippen molar-refractivity contribution in [3.63, 3.8) is 0 Å². The topological polar surface area (TPSA) is 55.2 Å². The molecule has 0 amide bonds. The highest BCUT2D eigenvalue weighted by Gasteiger charge is 2.14. The van der Waals surface area contributed by atoms with E-state index in [1.165, 1.54) is 0 Å². The Morgan fingerprint density at radius 2 is 2.05 bits per heavy atom. The van der Waals surface area contributed by atoms with E-state index in [2.05, 4.69) is 19.2 Å². The summed E-state index contributed by atoms with van der Waals surface area (Å²) in [5.74, 6) is 0. The van der Waals surface area contributed by atoms with Gasteiger partial charge in [-0.1, -0.05) is 32.4 Å². The fourth-order valence-electron chi connectivity index (χ4n) is 2.45. The maximum absolute atomic E-state index is 10.9. The van der Waals surface area contributed by atoms with Gasteiger partial charge in [-0.2, -0.15) is 0 Å². The summed E-state index contributed by atoms with van der Waals surface area (Å²) >= 11 is 0. The molecule has 1 aromatic rings. The minimum atomic E-state index is -0.299. The maximum Gasteiger partial charge on any atom is 0.272 e. The minimum absolute atomic E-state index is 0.230. The van der Waals surface area contributed by atoms with Crippen molar-refractivity contribution in [2.75, 3.05) is 6.54 Å². The van der Waals surface area contributed by atoms with Crippen molar-refractivity contribution in [2.45, 2.75) is 52.5 Å². The number of hydrogen-bond donors (Lipinski definition) is 1. The first-order valence-corrected chi connectivity index (χ1v) is 7.06. The van der Waals surface area contributed by atoms with Crippen LogP contribution in [0.15, 0.2) is 18.2 Å². The van der Waals surface area contributed by atoms with E-state index in [1.54, 1.807) is 12.1 Å². The summed E-state index contributed by atoms with van der Waals surface area (Å²) in [7, 11) is 0. The highest BCUT2D eigenvalue weighted by molar-refractivity contribution is 5.44. The normalized spacial score (nSPS) is 12.4. The number of nitro benzene ring substituents is 1. The maximum atomic E-state index is 10.9. The Morgan fingerprint density at radius 3 is 2.63 bits per heavy atom. The summed E-state index contributed by atoms with van der Waals surface area (Å²) < 4.78 is 0. The lowest BCUT2D eigenvalue weighted by Crippen LogP contribution is -2.29. The standard InChI is InChI=1S/C15H24N2O2/c1-4-7-14(16-5-2)11-10-13-8-6-9-15(12(13)3)17(18)19/h6,8-9,14,16H,4-5,7,10-11H2,1-3H3. The first-order chi connectivity index (χ1) is 9.10. The van der Waals surface area contributed by atoms with Gasteiger partial charge in [0.2, 0.25) is 0 Å². The SMILES string of the molecule is CCCC(CCc1cccc([N+](=O)[O-])c1C)NCC. The van der Waals surface area contributed by atoms with Crippen molar-refractivity contribution < 1.29 is 4.92 Å². The first kappa shape index (κ1) is 15.6. The molecular formula is C15H24N2O2. The molecule has 0 saturated carbocycles. The van der Waals surface area contributed by atoms with Crippen LogP contribution in [0.2, 0.25) is 0 Å². The lowest BCUT2D eigenvalue weighted by molar-refractivity contribution is -0.385. The van der Waals surface area contributed by atoms with Gasteiger partial charge in [0.05, 0.1) is 4.92 Å². The summed E-state index contributed by atoms with van der Waals surface area (Å²) in [5, 5.41) is 14.4. The third kappa shape index (κ3) is 4.63. The van der Waals surface area contributed by atoms with Crippen molar-refractivity contribution in [1.29, 1.82) is 0 Å². The third-order valence-electron chi connectivity index (χ3n) is 3.51. The molecule has 0 bridgehead atoms. The Morgan fingerprint density at radius 1 is 1.32 bits per heavy atom. The summed E-state index contributed by atoms with van der Waals surface area (Å²) in [6.45, 7) is 7.11. The van der Waals surface area contributed by atoms with E-state index in [-0.39, 0.29) is 10.6 Å². The van der Waals surface area contributed by atoms with Crippen LogP contribution in [0.1, 0.15) is 44.2 Å². The monoisotopic (exact) mass is 264 g/mol. The van der Waals surface area contributed by atoms with Gasteiger partial charge < -0.3 is 5.32 Å². The average Bonchev–Trinajstić information content (AvgIpc) is 2.37. The summed E-state index contributed by atoms with van der Waals surface area (Å²) in [6.07, 6.45) is 4.24. The van der Waals surface area contributed by atoms with Crippen LogP contribution in [0.4, 0.5) is 5.69 Å². The van der Waals surface area contributed by atoms with Crippen LogP contribution in [0.3, 0.4) is 0 Å². The molecule has 4 heteroatoms. The van der Waals surface area contributed by atoms with Crippen molar-refractivity contribution in [3.05, 3.63) is 39.4 Å². The van der Waals surface area contributed by atoms with Crippen LogP contribution < -0.4 is 5.32 Å². The van der Waals surface area contributed by atoms with Crippen molar-refractivity contribution in [2.24, 2.45) is 0 Å². The molecule has 1 unspecified atom stereocenters. The van der Waals surface area contributed by atoms with E-state index in [4.69, 9.17) is 0 Å². The summed E-state index contributed by atoms with van der Waals surface area (Å²) in [4.78, 5) is 10.6. The number of nitro groups is 1. The fraction of sp³-hybridized carbons (Fsp3) is 0.600. The number of nitrogens with zero attached hydrogens (tertiary/aromatic N) is 1. The van der Waals surface area contributed by atoms with E-state index < -0.39 is 0 Å². The molecule has 1 aromatic carbocycles. The smallest absolute Gasteiger partial charge is 0.272 e. The lowest BCUT2D eigenvalue weighted by Gasteiger charge is -2.17. The molecule has 0 aliphatic carbocycles. The van der Waals surface area contributed by atoms with Gasteiger partial charge >= 0.3 is 0 Å². The van der Waals surface area contributed by atoms with Crippen molar-refractivity contribution >= 4 is 5.69 Å². The van der Waals surface area contributed by atoms with Gasteiger partial charge in [0.1, 0.15) is 0 Å². The number of benzene rings is 1. The van der Waals surface area contributed by atoms with E-state index >= 15 is 0 Å². The molecule has 1 atom stereocenters. The highest BCUT2D eigenvalue weighted by atomic mass is 16.6. The molecule has 0 aromatic heterocycles. The van der Waals surface area contributed by atoms with Crippen LogP contribution in [-0.2, 0) is 6.42 Å². The van der Waals surface area contributed by atoms with Crippen LogP contribution in [0.5, 0.6) is 0 Å². The number of aryl methyl sites for hydroxylation is 1. The molecule has 19 heavy (non-hydrogen) atoms. The largest absolute Gasteiger partial charge is 0.314 e. The Balaban J connectivity index is 2.71. The third-order valence-corrected chi connectivity index (χ3v) is 3.51. The lowest BCUT2D eigenvalue weighted by atomic mass is 9.98. The van der Waals surface area contributed by atoms with Gasteiger partial charge in [-0.15, -0.1) is 0 Å². The quantitative estimate of drug-likeness (QED) is 0.576. The minimum Gasteiger partial charge on any atom is -0.314 e. The molecule has 1 N–H and O–H groups in total. The number of hydrogen-bond acceptors (Lipinski definition) is 3. The number of rotatable bonds is 8. The Labute approximate surface area is 115 Å². The predicted molar refractivity (Wildman–Crippen MR) is 78.5 cm³/mol. The van der Waals surface area contributed by atoms with Gasteiger partial charge in [0.25, 0.3) is 5.69 Å². The molecule has 0 fully saturated rings. The van der Waals surface area contributed by atoms with Gasteiger partial charge in [0, 0.05) is 17.7 Å². The Bertz CT molecular complexity index is 413. The van der Waals surface area contributed by atoms with Gasteiger partial charge in [-0.3, -0.25) is 10.1 Å². The molecule has 4 nitrogen and oxygen atoms in total. The van der Waals surface area contributed by atoms with E-state index in [0.29, 0.717) is 6.04 Å². The molecule has 1 rings (SSSR count). The summed E-state index contributed by atoms with van der Waals surface area (Å²) in [6, 6.07) is 5.86. The molecule has 106 valence electrons. The van der Waals surface area contributed by atoms with Crippen molar-refractivity contribution in [3.8, 4) is 0 Å². The molecule has 0 aliphatic rings. The average molecular weight is 264 g/mol. The van der Waals surface area contributed by atoms with E-state index in [1.807, 2.05) is 13.0 Å². The van der Waals surface area contributed by atoms with Gasteiger partial charge in [-0.25, -0.2) is 0 Å². The zero-order valence-electron chi connectivity index (χ0n) is 12.1. The van der Waals surface area contributed by atoms with Crippen LogP contribution in [0.25, 0.3) is 0 Å². The number of nitrogens with one attached hydrogen (secondary N) is 1. The van der Waals surface area contributed by atoms with Crippen molar-refractivity contribution in [1.82, 2.24) is 5.32 Å². The van der Waals surface area contributed by atoms with E-state index in [9.17, 15) is 10.1 Å². The highest BCUT2D eigenvalue weighted by Crippen LogP contribution is 2.22. The second kappa shape index (κ2) is 7.89. The molecule has 0 aliphatic heterocycles. The Kier molecular flexibility index (Phi) is 6.50. The van der Waals surface area contributed by atoms with Gasteiger partial charge in [0.15, 0.2) is 0 Å². The Hall–Kier alpha value is -1.42. The second-order valence-electron chi connectivity index (χ2n) is 4.90. The molecule has 0 heterocycles. The molecular weight excluding hydrogens is 240 g/mol. The van der Waals surface area contributed by atoms with Gasteiger partial charge in [-0.05, 0) is 38.3 Å². The molecule has 0 radical (unpaired) electrons. The predicted octanol–water partition coefficient (Wildman–Crippen LogP) is 3.61. The zero-order chi connectivity index (χ0) is 14.3. The van der Waals surface area contributed by atoms with Crippen LogP contribution >= 0.6 is 0 Å². The molecule has 0 saturated heterocycles.